The zero-order valence-corrected chi connectivity index (χ0v) is 12.2. The van der Waals surface area contributed by atoms with Gasteiger partial charge in [0.2, 0.25) is 11.8 Å². The molecule has 3 aromatic rings. The van der Waals surface area contributed by atoms with Crippen LogP contribution in [-0.2, 0) is 11.4 Å². The molecule has 0 bridgehead atoms. The number of hydrogen-bond donors (Lipinski definition) is 2. The molecule has 0 unspecified atom stereocenters. The summed E-state index contributed by atoms with van der Waals surface area (Å²) < 4.78 is 5.89. The van der Waals surface area contributed by atoms with Crippen molar-refractivity contribution in [3.8, 4) is 5.88 Å². The van der Waals surface area contributed by atoms with Crippen LogP contribution in [-0.4, -0.2) is 27.4 Å². The fourth-order valence-electron chi connectivity index (χ4n) is 2.64. The number of benzene rings is 1. The number of carbonyl (C=O) groups is 1. The summed E-state index contributed by atoms with van der Waals surface area (Å²) in [5, 5.41) is 3.57. The molecule has 2 N–H and O–H groups in total. The molecule has 0 radical (unpaired) electrons. The van der Waals surface area contributed by atoms with Crippen molar-refractivity contribution >= 4 is 22.5 Å². The average molecular weight is 306 g/mol. The van der Waals surface area contributed by atoms with E-state index in [0.717, 1.165) is 22.1 Å². The number of nitrogens with zero attached hydrogens (tertiary/aromatic N) is 2. The van der Waals surface area contributed by atoms with Crippen LogP contribution < -0.4 is 10.1 Å². The lowest BCUT2D eigenvalue weighted by atomic mass is 10.1. The molecule has 0 spiro atoms. The molecule has 6 heteroatoms. The van der Waals surface area contributed by atoms with E-state index >= 15 is 0 Å². The van der Waals surface area contributed by atoms with Crippen molar-refractivity contribution in [1.82, 2.24) is 20.3 Å². The van der Waals surface area contributed by atoms with Gasteiger partial charge >= 0.3 is 0 Å². The first-order valence-corrected chi connectivity index (χ1v) is 7.29. The van der Waals surface area contributed by atoms with E-state index in [1.165, 1.54) is 6.33 Å². The Morgan fingerprint density at radius 1 is 1.17 bits per heavy atom. The molecular formula is C17H14N4O2. The first-order chi connectivity index (χ1) is 11.3. The van der Waals surface area contributed by atoms with Crippen LogP contribution in [0.2, 0.25) is 0 Å². The van der Waals surface area contributed by atoms with Crippen LogP contribution in [0.3, 0.4) is 0 Å². The summed E-state index contributed by atoms with van der Waals surface area (Å²) in [6, 6.07) is 9.90. The van der Waals surface area contributed by atoms with E-state index < -0.39 is 0 Å². The SMILES string of the molecule is O=C1C=C(c2c[nH]c3ncnc(OCc4ccccc4)c23)CN1. The van der Waals surface area contributed by atoms with Gasteiger partial charge in [0.1, 0.15) is 18.6 Å². The van der Waals surface area contributed by atoms with Crippen LogP contribution in [0, 0.1) is 0 Å². The second kappa shape index (κ2) is 5.57. The molecule has 114 valence electrons. The van der Waals surface area contributed by atoms with Gasteiger partial charge in [-0.15, -0.1) is 0 Å². The van der Waals surface area contributed by atoms with E-state index in [1.54, 1.807) is 6.08 Å². The van der Waals surface area contributed by atoms with Crippen molar-refractivity contribution in [2.45, 2.75) is 6.61 Å². The Morgan fingerprint density at radius 3 is 2.83 bits per heavy atom. The van der Waals surface area contributed by atoms with Crippen LogP contribution in [0.25, 0.3) is 16.6 Å². The maximum atomic E-state index is 11.4. The molecule has 0 fully saturated rings. The standard InChI is InChI=1S/C17H14N4O2/c22-14-6-12(7-18-14)13-8-19-16-15(13)17(21-10-20-16)23-9-11-4-2-1-3-5-11/h1-6,8,10H,7,9H2,(H,18,22)(H,19,20,21). The van der Waals surface area contributed by atoms with Gasteiger partial charge in [-0.25, -0.2) is 9.97 Å². The predicted octanol–water partition coefficient (Wildman–Crippen LogP) is 2.05. The van der Waals surface area contributed by atoms with E-state index in [1.807, 2.05) is 36.5 Å². The third kappa shape index (κ3) is 2.55. The molecule has 6 nitrogen and oxygen atoms in total. The summed E-state index contributed by atoms with van der Waals surface area (Å²) in [4.78, 5) is 23.0. The summed E-state index contributed by atoms with van der Waals surface area (Å²) >= 11 is 0. The number of aromatic amines is 1. The highest BCUT2D eigenvalue weighted by atomic mass is 16.5. The van der Waals surface area contributed by atoms with Gasteiger partial charge in [-0.2, -0.15) is 0 Å². The van der Waals surface area contributed by atoms with E-state index in [0.29, 0.717) is 24.7 Å². The summed E-state index contributed by atoms with van der Waals surface area (Å²) in [6.07, 6.45) is 4.90. The van der Waals surface area contributed by atoms with Gasteiger partial charge in [0.15, 0.2) is 0 Å². The molecule has 1 amide bonds. The van der Waals surface area contributed by atoms with Gasteiger partial charge in [-0.05, 0) is 11.1 Å². The third-order valence-corrected chi connectivity index (χ3v) is 3.76. The van der Waals surface area contributed by atoms with Crippen LogP contribution in [0.15, 0.2) is 48.9 Å². The lowest BCUT2D eigenvalue weighted by molar-refractivity contribution is -0.115. The third-order valence-electron chi connectivity index (χ3n) is 3.76. The first-order valence-electron chi connectivity index (χ1n) is 7.29. The van der Waals surface area contributed by atoms with Crippen LogP contribution in [0.1, 0.15) is 11.1 Å². The van der Waals surface area contributed by atoms with Crippen molar-refractivity contribution in [1.29, 1.82) is 0 Å². The maximum absolute atomic E-state index is 11.4. The summed E-state index contributed by atoms with van der Waals surface area (Å²) in [5.41, 5.74) is 3.55. The average Bonchev–Trinajstić information content (AvgIpc) is 3.20. The Morgan fingerprint density at radius 2 is 2.04 bits per heavy atom. The summed E-state index contributed by atoms with van der Waals surface area (Å²) in [6.45, 7) is 0.923. The number of H-pyrrole nitrogens is 1. The minimum Gasteiger partial charge on any atom is -0.472 e. The number of nitrogens with one attached hydrogen (secondary N) is 2. The molecule has 1 aromatic carbocycles. The zero-order valence-electron chi connectivity index (χ0n) is 12.2. The van der Waals surface area contributed by atoms with Gasteiger partial charge in [0, 0.05) is 24.4 Å². The van der Waals surface area contributed by atoms with Crippen LogP contribution in [0.4, 0.5) is 0 Å². The zero-order chi connectivity index (χ0) is 15.6. The molecule has 0 aliphatic carbocycles. The number of hydrogen-bond acceptors (Lipinski definition) is 4. The molecular weight excluding hydrogens is 292 g/mol. The molecule has 4 rings (SSSR count). The van der Waals surface area contributed by atoms with Crippen LogP contribution >= 0.6 is 0 Å². The molecule has 2 aromatic heterocycles. The summed E-state index contributed by atoms with van der Waals surface area (Å²) in [5.74, 6) is 0.424. The van der Waals surface area contributed by atoms with E-state index in [9.17, 15) is 4.79 Å². The highest BCUT2D eigenvalue weighted by Gasteiger charge is 2.19. The highest BCUT2D eigenvalue weighted by molar-refractivity contribution is 6.05. The lowest BCUT2D eigenvalue weighted by Crippen LogP contribution is -2.14. The van der Waals surface area contributed by atoms with Crippen LogP contribution in [0.5, 0.6) is 5.88 Å². The second-order valence-corrected chi connectivity index (χ2v) is 5.27. The number of aromatic nitrogens is 3. The monoisotopic (exact) mass is 306 g/mol. The Kier molecular flexibility index (Phi) is 3.27. The van der Waals surface area contributed by atoms with Gasteiger partial charge in [0.05, 0.1) is 5.39 Å². The largest absolute Gasteiger partial charge is 0.472 e. The number of ether oxygens (including phenoxy) is 1. The topological polar surface area (TPSA) is 79.9 Å². The van der Waals surface area contributed by atoms with Gasteiger partial charge < -0.3 is 15.0 Å². The lowest BCUT2D eigenvalue weighted by Gasteiger charge is -2.08. The number of carbonyl (C=O) groups excluding carboxylic acids is 1. The molecule has 1 aliphatic rings. The molecule has 0 saturated heterocycles. The maximum Gasteiger partial charge on any atom is 0.244 e. The van der Waals surface area contributed by atoms with Crippen molar-refractivity contribution in [2.24, 2.45) is 0 Å². The first kappa shape index (κ1) is 13.5. The van der Waals surface area contributed by atoms with Gasteiger partial charge in [-0.1, -0.05) is 30.3 Å². The van der Waals surface area contributed by atoms with Crippen molar-refractivity contribution in [3.05, 3.63) is 60.1 Å². The molecule has 0 saturated carbocycles. The highest BCUT2D eigenvalue weighted by Crippen LogP contribution is 2.31. The van der Waals surface area contributed by atoms with Crippen molar-refractivity contribution in [2.75, 3.05) is 6.54 Å². The Balaban J connectivity index is 1.70. The minimum atomic E-state index is -0.0852. The van der Waals surface area contributed by atoms with Gasteiger partial charge in [-0.3, -0.25) is 4.79 Å². The Labute approximate surface area is 132 Å². The van der Waals surface area contributed by atoms with E-state index in [2.05, 4.69) is 20.3 Å². The summed E-state index contributed by atoms with van der Waals surface area (Å²) in [7, 11) is 0. The smallest absolute Gasteiger partial charge is 0.244 e. The Hall–Kier alpha value is -3.15. The second-order valence-electron chi connectivity index (χ2n) is 5.27. The normalized spacial score (nSPS) is 13.9. The molecule has 3 heterocycles. The number of rotatable bonds is 4. The molecule has 1 aliphatic heterocycles. The van der Waals surface area contributed by atoms with Gasteiger partial charge in [0.25, 0.3) is 0 Å². The van der Waals surface area contributed by atoms with Crippen molar-refractivity contribution < 1.29 is 9.53 Å². The van der Waals surface area contributed by atoms with E-state index in [-0.39, 0.29) is 5.91 Å². The number of fused-ring (bicyclic) bond motifs is 1. The van der Waals surface area contributed by atoms with E-state index in [4.69, 9.17) is 4.74 Å². The minimum absolute atomic E-state index is 0.0852. The number of amides is 1. The quantitative estimate of drug-likeness (QED) is 0.773. The van der Waals surface area contributed by atoms with Crippen molar-refractivity contribution in [3.63, 3.8) is 0 Å². The predicted molar refractivity (Wildman–Crippen MR) is 85.6 cm³/mol. The fraction of sp³-hybridized carbons (Fsp3) is 0.118. The molecule has 23 heavy (non-hydrogen) atoms. The fourth-order valence-corrected chi connectivity index (χ4v) is 2.64. The Bertz CT molecular complexity index is 899. The molecule has 0 atom stereocenters.